The molecule has 122 valence electrons. The normalized spacial score (nSPS) is 15.4. The SMILES string of the molecule is CC(C)(CNCc1ccc(Cl)nn1)N1CCc2ccccc2C1. The van der Waals surface area contributed by atoms with Gasteiger partial charge in [-0.05, 0) is 43.5 Å². The zero-order valence-electron chi connectivity index (χ0n) is 13.7. The number of halogens is 1. The van der Waals surface area contributed by atoms with Crippen molar-refractivity contribution < 1.29 is 0 Å². The average molecular weight is 331 g/mol. The monoisotopic (exact) mass is 330 g/mol. The van der Waals surface area contributed by atoms with E-state index in [1.165, 1.54) is 11.1 Å². The highest BCUT2D eigenvalue weighted by molar-refractivity contribution is 6.29. The predicted molar refractivity (Wildman–Crippen MR) is 93.4 cm³/mol. The molecule has 3 rings (SSSR count). The summed E-state index contributed by atoms with van der Waals surface area (Å²) >= 11 is 5.76. The van der Waals surface area contributed by atoms with Crippen molar-refractivity contribution in [2.24, 2.45) is 0 Å². The van der Waals surface area contributed by atoms with Gasteiger partial charge < -0.3 is 5.32 Å². The standard InChI is InChI=1S/C18H23ClN4/c1-18(2,13-20-11-16-7-8-17(19)22-21-16)23-10-9-14-5-3-4-6-15(14)12-23/h3-8,20H,9-13H2,1-2H3. The van der Waals surface area contributed by atoms with Crippen LogP contribution in [0.2, 0.25) is 5.15 Å². The number of fused-ring (bicyclic) bond motifs is 1. The van der Waals surface area contributed by atoms with Gasteiger partial charge in [0.2, 0.25) is 0 Å². The highest BCUT2D eigenvalue weighted by Gasteiger charge is 2.29. The van der Waals surface area contributed by atoms with E-state index in [2.05, 4.69) is 58.5 Å². The summed E-state index contributed by atoms with van der Waals surface area (Å²) in [6.07, 6.45) is 1.13. The Kier molecular flexibility index (Phi) is 4.95. The number of aromatic nitrogens is 2. The fourth-order valence-electron chi connectivity index (χ4n) is 3.06. The van der Waals surface area contributed by atoms with Crippen LogP contribution in [0.5, 0.6) is 0 Å². The Labute approximate surface area is 142 Å². The molecule has 2 aromatic rings. The van der Waals surface area contributed by atoms with E-state index in [4.69, 9.17) is 11.6 Å². The topological polar surface area (TPSA) is 41.1 Å². The number of hydrogen-bond acceptors (Lipinski definition) is 4. The molecule has 1 aromatic carbocycles. The molecule has 0 amide bonds. The van der Waals surface area contributed by atoms with Gasteiger partial charge >= 0.3 is 0 Å². The first-order valence-electron chi connectivity index (χ1n) is 8.05. The third kappa shape index (κ3) is 4.08. The van der Waals surface area contributed by atoms with Gasteiger partial charge in [-0.15, -0.1) is 5.10 Å². The van der Waals surface area contributed by atoms with Gasteiger partial charge in [0.1, 0.15) is 0 Å². The summed E-state index contributed by atoms with van der Waals surface area (Å²) in [4.78, 5) is 2.55. The van der Waals surface area contributed by atoms with Crippen molar-refractivity contribution in [1.82, 2.24) is 20.4 Å². The first-order chi connectivity index (χ1) is 11.0. The molecule has 0 bridgehead atoms. The zero-order chi connectivity index (χ0) is 16.3. The maximum absolute atomic E-state index is 5.76. The minimum Gasteiger partial charge on any atom is -0.309 e. The van der Waals surface area contributed by atoms with Gasteiger partial charge in [-0.3, -0.25) is 4.90 Å². The van der Waals surface area contributed by atoms with Crippen LogP contribution in [0.3, 0.4) is 0 Å². The second-order valence-electron chi connectivity index (χ2n) is 6.70. The van der Waals surface area contributed by atoms with Crippen molar-refractivity contribution in [3.05, 3.63) is 58.4 Å². The summed E-state index contributed by atoms with van der Waals surface area (Å²) in [6.45, 7) is 8.32. The van der Waals surface area contributed by atoms with Crippen LogP contribution < -0.4 is 5.32 Å². The molecule has 0 unspecified atom stereocenters. The molecule has 1 aromatic heterocycles. The lowest BCUT2D eigenvalue weighted by molar-refractivity contribution is 0.102. The maximum atomic E-state index is 5.76. The molecule has 2 heterocycles. The van der Waals surface area contributed by atoms with Crippen LogP contribution in [0.15, 0.2) is 36.4 Å². The second-order valence-corrected chi connectivity index (χ2v) is 7.09. The Morgan fingerprint density at radius 2 is 1.91 bits per heavy atom. The van der Waals surface area contributed by atoms with Gasteiger partial charge in [-0.2, -0.15) is 5.10 Å². The minimum absolute atomic E-state index is 0.0907. The predicted octanol–water partition coefficient (Wildman–Crippen LogP) is 3.06. The molecule has 0 saturated carbocycles. The third-order valence-corrected chi connectivity index (χ3v) is 4.74. The van der Waals surface area contributed by atoms with E-state index in [0.29, 0.717) is 11.7 Å². The van der Waals surface area contributed by atoms with Gasteiger partial charge in [0.05, 0.1) is 5.69 Å². The van der Waals surface area contributed by atoms with Gasteiger partial charge in [-0.25, -0.2) is 0 Å². The third-order valence-electron chi connectivity index (χ3n) is 4.54. The van der Waals surface area contributed by atoms with Crippen molar-refractivity contribution in [3.63, 3.8) is 0 Å². The highest BCUT2D eigenvalue weighted by atomic mass is 35.5. The molecule has 23 heavy (non-hydrogen) atoms. The van der Waals surface area contributed by atoms with Crippen LogP contribution in [0, 0.1) is 0 Å². The van der Waals surface area contributed by atoms with E-state index in [1.807, 2.05) is 6.07 Å². The number of nitrogens with zero attached hydrogens (tertiary/aromatic N) is 3. The summed E-state index contributed by atoms with van der Waals surface area (Å²) in [7, 11) is 0. The molecular formula is C18H23ClN4. The van der Waals surface area contributed by atoms with Crippen molar-refractivity contribution in [2.45, 2.75) is 38.9 Å². The van der Waals surface area contributed by atoms with Gasteiger partial charge in [-0.1, -0.05) is 35.9 Å². The summed E-state index contributed by atoms with van der Waals surface area (Å²) in [6, 6.07) is 12.4. The minimum atomic E-state index is 0.0907. The van der Waals surface area contributed by atoms with Crippen molar-refractivity contribution in [1.29, 1.82) is 0 Å². The number of hydrogen-bond donors (Lipinski definition) is 1. The Bertz CT molecular complexity index is 654. The van der Waals surface area contributed by atoms with Crippen LogP contribution in [0.25, 0.3) is 0 Å². The first-order valence-corrected chi connectivity index (χ1v) is 8.43. The van der Waals surface area contributed by atoms with E-state index in [9.17, 15) is 0 Å². The maximum Gasteiger partial charge on any atom is 0.151 e. The summed E-state index contributed by atoms with van der Waals surface area (Å²) < 4.78 is 0. The van der Waals surface area contributed by atoms with Gasteiger partial charge in [0.15, 0.2) is 5.15 Å². The fraction of sp³-hybridized carbons (Fsp3) is 0.444. The summed E-state index contributed by atoms with van der Waals surface area (Å²) in [5.41, 5.74) is 3.95. The molecular weight excluding hydrogens is 308 g/mol. The molecule has 0 atom stereocenters. The number of nitrogens with one attached hydrogen (secondary N) is 1. The number of rotatable bonds is 5. The average Bonchev–Trinajstić information content (AvgIpc) is 2.56. The van der Waals surface area contributed by atoms with E-state index in [0.717, 1.165) is 31.7 Å². The Morgan fingerprint density at radius 3 is 2.65 bits per heavy atom. The molecule has 1 aliphatic heterocycles. The van der Waals surface area contributed by atoms with Crippen molar-refractivity contribution >= 4 is 11.6 Å². The van der Waals surface area contributed by atoms with E-state index < -0.39 is 0 Å². The van der Waals surface area contributed by atoms with Gasteiger partial charge in [0.25, 0.3) is 0 Å². The van der Waals surface area contributed by atoms with Gasteiger partial charge in [0, 0.05) is 31.7 Å². The molecule has 1 aliphatic rings. The first kappa shape index (κ1) is 16.4. The largest absolute Gasteiger partial charge is 0.309 e. The smallest absolute Gasteiger partial charge is 0.151 e. The lowest BCUT2D eigenvalue weighted by Gasteiger charge is -2.41. The Hall–Kier alpha value is -1.49. The molecule has 0 radical (unpaired) electrons. The highest BCUT2D eigenvalue weighted by Crippen LogP contribution is 2.24. The zero-order valence-corrected chi connectivity index (χ0v) is 14.5. The Balaban J connectivity index is 1.56. The van der Waals surface area contributed by atoms with E-state index >= 15 is 0 Å². The van der Waals surface area contributed by atoms with Crippen molar-refractivity contribution in [2.75, 3.05) is 13.1 Å². The number of benzene rings is 1. The van der Waals surface area contributed by atoms with Crippen molar-refractivity contribution in [3.8, 4) is 0 Å². The molecule has 0 saturated heterocycles. The fourth-order valence-corrected chi connectivity index (χ4v) is 3.16. The van der Waals surface area contributed by atoms with Crippen LogP contribution in [-0.2, 0) is 19.5 Å². The lowest BCUT2D eigenvalue weighted by atomic mass is 9.94. The Morgan fingerprint density at radius 1 is 1.13 bits per heavy atom. The van der Waals surface area contributed by atoms with Crippen LogP contribution in [0.1, 0.15) is 30.7 Å². The van der Waals surface area contributed by atoms with Crippen LogP contribution in [0.4, 0.5) is 0 Å². The molecule has 0 aliphatic carbocycles. The second kappa shape index (κ2) is 6.95. The molecule has 4 nitrogen and oxygen atoms in total. The molecule has 5 heteroatoms. The molecule has 0 fully saturated rings. The van der Waals surface area contributed by atoms with Crippen LogP contribution >= 0.6 is 11.6 Å². The van der Waals surface area contributed by atoms with E-state index in [1.54, 1.807) is 6.07 Å². The molecule has 1 N–H and O–H groups in total. The molecule has 0 spiro atoms. The van der Waals surface area contributed by atoms with E-state index in [-0.39, 0.29) is 5.54 Å². The van der Waals surface area contributed by atoms with Crippen LogP contribution in [-0.4, -0.2) is 33.7 Å². The lowest BCUT2D eigenvalue weighted by Crippen LogP contribution is -2.52. The summed E-state index contributed by atoms with van der Waals surface area (Å²) in [5, 5.41) is 11.9. The summed E-state index contributed by atoms with van der Waals surface area (Å²) in [5.74, 6) is 0. The quantitative estimate of drug-likeness (QED) is 0.914.